The van der Waals surface area contributed by atoms with Gasteiger partial charge in [-0.15, -0.1) is 0 Å². The van der Waals surface area contributed by atoms with Crippen molar-refractivity contribution in [2.45, 2.75) is 45.6 Å². The van der Waals surface area contributed by atoms with Gasteiger partial charge in [-0.3, -0.25) is 0 Å². The first-order valence-corrected chi connectivity index (χ1v) is 7.20. The van der Waals surface area contributed by atoms with Crippen molar-refractivity contribution in [2.75, 3.05) is 19.6 Å². The molecule has 0 heterocycles. The van der Waals surface area contributed by atoms with E-state index in [9.17, 15) is 5.11 Å². The molecule has 0 saturated carbocycles. The molecular formula is C16H27NO. The zero-order valence-electron chi connectivity index (χ0n) is 11.8. The van der Waals surface area contributed by atoms with Gasteiger partial charge in [0.25, 0.3) is 0 Å². The molecule has 18 heavy (non-hydrogen) atoms. The highest BCUT2D eigenvalue weighted by Gasteiger charge is 2.06. The normalized spacial score (nSPS) is 12.9. The Morgan fingerprint density at radius 2 is 1.72 bits per heavy atom. The molecule has 1 aromatic rings. The zero-order chi connectivity index (χ0) is 13.2. The lowest BCUT2D eigenvalue weighted by Gasteiger charge is -2.19. The third kappa shape index (κ3) is 6.18. The van der Waals surface area contributed by atoms with Crippen LogP contribution in [0, 0.1) is 0 Å². The number of aliphatic hydroxyl groups is 1. The van der Waals surface area contributed by atoms with Gasteiger partial charge in [-0.05, 0) is 44.3 Å². The van der Waals surface area contributed by atoms with Gasteiger partial charge >= 0.3 is 0 Å². The molecule has 1 aromatic carbocycles. The van der Waals surface area contributed by atoms with Gasteiger partial charge in [-0.25, -0.2) is 0 Å². The lowest BCUT2D eigenvalue weighted by molar-refractivity contribution is 0.133. The molecule has 0 fully saturated rings. The van der Waals surface area contributed by atoms with E-state index < -0.39 is 0 Å². The molecule has 0 spiro atoms. The van der Waals surface area contributed by atoms with Crippen molar-refractivity contribution in [1.82, 2.24) is 4.90 Å². The summed E-state index contributed by atoms with van der Waals surface area (Å²) in [4.78, 5) is 2.36. The Labute approximate surface area is 112 Å². The van der Waals surface area contributed by atoms with Crippen LogP contribution < -0.4 is 0 Å². The van der Waals surface area contributed by atoms with Crippen LogP contribution in [0.2, 0.25) is 0 Å². The number of aliphatic hydroxyl groups excluding tert-OH is 1. The van der Waals surface area contributed by atoms with Gasteiger partial charge in [0.05, 0.1) is 6.10 Å². The van der Waals surface area contributed by atoms with E-state index in [0.29, 0.717) is 0 Å². The lowest BCUT2D eigenvalue weighted by atomic mass is 10.0. The lowest BCUT2D eigenvalue weighted by Crippen LogP contribution is -2.27. The maximum atomic E-state index is 9.94. The first-order valence-electron chi connectivity index (χ1n) is 7.20. The van der Waals surface area contributed by atoms with Crippen molar-refractivity contribution in [3.05, 3.63) is 35.9 Å². The molecule has 0 aromatic heterocycles. The summed E-state index contributed by atoms with van der Waals surface area (Å²) >= 11 is 0. The van der Waals surface area contributed by atoms with E-state index in [1.165, 1.54) is 5.56 Å². The number of aryl methyl sites for hydroxylation is 1. The molecule has 0 aliphatic heterocycles. The summed E-state index contributed by atoms with van der Waals surface area (Å²) in [6, 6.07) is 10.5. The quantitative estimate of drug-likeness (QED) is 0.727. The van der Waals surface area contributed by atoms with E-state index in [2.05, 4.69) is 43.0 Å². The highest BCUT2D eigenvalue weighted by molar-refractivity contribution is 5.14. The van der Waals surface area contributed by atoms with E-state index in [0.717, 1.165) is 45.3 Å². The molecule has 1 N–H and O–H groups in total. The maximum absolute atomic E-state index is 9.94. The molecule has 0 saturated heterocycles. The van der Waals surface area contributed by atoms with E-state index in [-0.39, 0.29) is 6.10 Å². The standard InChI is InChI=1S/C16H27NO/c1-3-17(4-2)14-13-16(18)12-8-11-15-9-6-5-7-10-15/h5-7,9-10,16,18H,3-4,8,11-14H2,1-2H3. The molecular weight excluding hydrogens is 222 g/mol. The predicted octanol–water partition coefficient (Wildman–Crippen LogP) is 3.10. The van der Waals surface area contributed by atoms with Crippen LogP contribution in [0.25, 0.3) is 0 Å². The van der Waals surface area contributed by atoms with Crippen molar-refractivity contribution < 1.29 is 5.11 Å². The van der Waals surface area contributed by atoms with Gasteiger partial charge in [0.2, 0.25) is 0 Å². The Balaban J connectivity index is 2.12. The van der Waals surface area contributed by atoms with Crippen LogP contribution >= 0.6 is 0 Å². The maximum Gasteiger partial charge on any atom is 0.0552 e. The summed E-state index contributed by atoms with van der Waals surface area (Å²) < 4.78 is 0. The second-order valence-electron chi connectivity index (χ2n) is 4.85. The van der Waals surface area contributed by atoms with Crippen molar-refractivity contribution in [3.8, 4) is 0 Å². The number of hydrogen-bond donors (Lipinski definition) is 1. The average molecular weight is 249 g/mol. The van der Waals surface area contributed by atoms with Crippen LogP contribution in [0.3, 0.4) is 0 Å². The number of rotatable bonds is 9. The summed E-state index contributed by atoms with van der Waals surface area (Å²) in [5.74, 6) is 0. The third-order valence-corrected chi connectivity index (χ3v) is 3.52. The first kappa shape index (κ1) is 15.2. The second kappa shape index (κ2) is 9.12. The molecule has 0 bridgehead atoms. The van der Waals surface area contributed by atoms with Crippen LogP contribution in [0.15, 0.2) is 30.3 Å². The van der Waals surface area contributed by atoms with Gasteiger partial charge in [-0.2, -0.15) is 0 Å². The van der Waals surface area contributed by atoms with Crippen LogP contribution in [0.4, 0.5) is 0 Å². The SMILES string of the molecule is CCN(CC)CCC(O)CCCc1ccccc1. The third-order valence-electron chi connectivity index (χ3n) is 3.52. The fraction of sp³-hybridized carbons (Fsp3) is 0.625. The minimum Gasteiger partial charge on any atom is -0.393 e. The van der Waals surface area contributed by atoms with Crippen molar-refractivity contribution in [3.63, 3.8) is 0 Å². The molecule has 1 rings (SSSR count). The Kier molecular flexibility index (Phi) is 7.70. The highest BCUT2D eigenvalue weighted by atomic mass is 16.3. The number of benzene rings is 1. The molecule has 1 unspecified atom stereocenters. The monoisotopic (exact) mass is 249 g/mol. The molecule has 0 aliphatic rings. The smallest absolute Gasteiger partial charge is 0.0552 e. The van der Waals surface area contributed by atoms with Gasteiger partial charge in [0, 0.05) is 6.54 Å². The van der Waals surface area contributed by atoms with Crippen LogP contribution in [0.5, 0.6) is 0 Å². The van der Waals surface area contributed by atoms with Gasteiger partial charge in [-0.1, -0.05) is 44.2 Å². The fourth-order valence-electron chi connectivity index (χ4n) is 2.20. The summed E-state index contributed by atoms with van der Waals surface area (Å²) in [5.41, 5.74) is 1.37. The molecule has 2 heteroatoms. The summed E-state index contributed by atoms with van der Waals surface area (Å²) in [5, 5.41) is 9.94. The second-order valence-corrected chi connectivity index (χ2v) is 4.85. The Hall–Kier alpha value is -0.860. The van der Waals surface area contributed by atoms with Crippen LogP contribution in [-0.2, 0) is 6.42 Å². The van der Waals surface area contributed by atoms with E-state index in [4.69, 9.17) is 0 Å². The summed E-state index contributed by atoms with van der Waals surface area (Å²) in [6.45, 7) is 7.51. The largest absolute Gasteiger partial charge is 0.393 e. The zero-order valence-corrected chi connectivity index (χ0v) is 11.8. The average Bonchev–Trinajstić information content (AvgIpc) is 2.41. The molecule has 0 aliphatic carbocycles. The number of nitrogens with zero attached hydrogens (tertiary/aromatic N) is 1. The molecule has 1 atom stereocenters. The van der Waals surface area contributed by atoms with E-state index >= 15 is 0 Å². The first-order chi connectivity index (χ1) is 8.76. The Morgan fingerprint density at radius 1 is 1.06 bits per heavy atom. The highest BCUT2D eigenvalue weighted by Crippen LogP contribution is 2.09. The Bertz CT molecular complexity index is 295. The summed E-state index contributed by atoms with van der Waals surface area (Å²) in [7, 11) is 0. The fourth-order valence-corrected chi connectivity index (χ4v) is 2.20. The van der Waals surface area contributed by atoms with Gasteiger partial charge in [0.15, 0.2) is 0 Å². The van der Waals surface area contributed by atoms with Crippen molar-refractivity contribution in [2.24, 2.45) is 0 Å². The minimum atomic E-state index is -0.144. The molecule has 0 radical (unpaired) electrons. The minimum absolute atomic E-state index is 0.144. The summed E-state index contributed by atoms with van der Waals surface area (Å²) in [6.07, 6.45) is 3.81. The van der Waals surface area contributed by atoms with E-state index in [1.807, 2.05) is 6.07 Å². The van der Waals surface area contributed by atoms with E-state index in [1.54, 1.807) is 0 Å². The molecule has 2 nitrogen and oxygen atoms in total. The molecule has 0 amide bonds. The van der Waals surface area contributed by atoms with Crippen molar-refractivity contribution in [1.29, 1.82) is 0 Å². The predicted molar refractivity (Wildman–Crippen MR) is 77.8 cm³/mol. The van der Waals surface area contributed by atoms with Gasteiger partial charge < -0.3 is 10.0 Å². The number of hydrogen-bond acceptors (Lipinski definition) is 2. The topological polar surface area (TPSA) is 23.5 Å². The Morgan fingerprint density at radius 3 is 2.33 bits per heavy atom. The van der Waals surface area contributed by atoms with Crippen molar-refractivity contribution >= 4 is 0 Å². The van der Waals surface area contributed by atoms with Crippen LogP contribution in [0.1, 0.15) is 38.7 Å². The van der Waals surface area contributed by atoms with Gasteiger partial charge in [0.1, 0.15) is 0 Å². The van der Waals surface area contributed by atoms with Crippen LogP contribution in [-0.4, -0.2) is 35.7 Å². The molecule has 102 valence electrons.